The van der Waals surface area contributed by atoms with E-state index in [4.69, 9.17) is 4.98 Å². The topological polar surface area (TPSA) is 50.1 Å². The fourth-order valence-corrected chi connectivity index (χ4v) is 3.67. The summed E-state index contributed by atoms with van der Waals surface area (Å²) in [7, 11) is 4.22. The molecule has 0 bridgehead atoms. The lowest BCUT2D eigenvalue weighted by atomic mass is 9.97. The number of imidazole rings is 1. The van der Waals surface area contributed by atoms with Gasteiger partial charge >= 0.3 is 0 Å². The van der Waals surface area contributed by atoms with Crippen molar-refractivity contribution in [3.05, 3.63) is 48.7 Å². The maximum Gasteiger partial charge on any atom is 0.147 e. The summed E-state index contributed by atoms with van der Waals surface area (Å²) in [6, 6.07) is 8.05. The van der Waals surface area contributed by atoms with E-state index in [2.05, 4.69) is 44.6 Å². The number of nitrogens with zero attached hydrogens (tertiary/aromatic N) is 6. The van der Waals surface area contributed by atoms with E-state index >= 15 is 0 Å². The first-order valence-electron chi connectivity index (χ1n) is 9.33. The van der Waals surface area contributed by atoms with Crippen molar-refractivity contribution < 1.29 is 0 Å². The first-order valence-corrected chi connectivity index (χ1v) is 9.33. The van der Waals surface area contributed by atoms with Crippen LogP contribution in [0.15, 0.2) is 42.9 Å². The van der Waals surface area contributed by atoms with Crippen molar-refractivity contribution in [3.8, 4) is 0 Å². The van der Waals surface area contributed by atoms with Crippen LogP contribution < -0.4 is 4.90 Å². The molecule has 0 saturated carbocycles. The average molecular weight is 350 g/mol. The molecule has 1 unspecified atom stereocenters. The van der Waals surface area contributed by atoms with Crippen LogP contribution in [0.1, 0.15) is 24.6 Å². The van der Waals surface area contributed by atoms with E-state index in [1.54, 1.807) is 0 Å². The van der Waals surface area contributed by atoms with Gasteiger partial charge in [0.05, 0.1) is 17.2 Å². The Morgan fingerprint density at radius 1 is 1.15 bits per heavy atom. The first-order chi connectivity index (χ1) is 12.7. The number of piperidine rings is 1. The molecule has 3 heterocycles. The third kappa shape index (κ3) is 3.55. The van der Waals surface area contributed by atoms with Crippen LogP contribution in [0.3, 0.4) is 0 Å². The number of anilines is 1. The van der Waals surface area contributed by atoms with Gasteiger partial charge in [-0.25, -0.2) is 9.97 Å². The highest BCUT2D eigenvalue weighted by Crippen LogP contribution is 2.28. The van der Waals surface area contributed by atoms with Crippen LogP contribution in [0, 0.1) is 0 Å². The highest BCUT2D eigenvalue weighted by atomic mass is 15.2. The van der Waals surface area contributed by atoms with Gasteiger partial charge in [0.1, 0.15) is 11.6 Å². The van der Waals surface area contributed by atoms with Crippen LogP contribution in [0.4, 0.5) is 5.82 Å². The van der Waals surface area contributed by atoms with Crippen molar-refractivity contribution in [2.45, 2.75) is 25.3 Å². The SMILES string of the molecule is CN(C)CCn1ccnc1C1CCCN(c2cnc3ccccc3n2)C1. The lowest BCUT2D eigenvalue weighted by Crippen LogP contribution is -2.36. The van der Waals surface area contributed by atoms with Gasteiger partial charge in [-0.3, -0.25) is 4.98 Å². The van der Waals surface area contributed by atoms with Gasteiger partial charge in [-0.15, -0.1) is 0 Å². The predicted molar refractivity (Wildman–Crippen MR) is 105 cm³/mol. The molecule has 4 rings (SSSR count). The largest absolute Gasteiger partial charge is 0.355 e. The number of aromatic nitrogens is 4. The quantitative estimate of drug-likeness (QED) is 0.708. The highest BCUT2D eigenvalue weighted by Gasteiger charge is 2.25. The predicted octanol–water partition coefficient (Wildman–Crippen LogP) is 2.77. The molecule has 1 aliphatic rings. The molecule has 6 nitrogen and oxygen atoms in total. The van der Waals surface area contributed by atoms with Gasteiger partial charge in [-0.1, -0.05) is 12.1 Å². The van der Waals surface area contributed by atoms with Gasteiger partial charge < -0.3 is 14.4 Å². The van der Waals surface area contributed by atoms with E-state index in [1.165, 1.54) is 12.2 Å². The molecule has 1 aromatic carbocycles. The van der Waals surface area contributed by atoms with Crippen LogP contribution in [-0.4, -0.2) is 58.1 Å². The lowest BCUT2D eigenvalue weighted by molar-refractivity contribution is 0.373. The van der Waals surface area contributed by atoms with Crippen molar-refractivity contribution in [2.24, 2.45) is 0 Å². The molecule has 6 heteroatoms. The zero-order chi connectivity index (χ0) is 17.9. The first kappa shape index (κ1) is 17.0. The van der Waals surface area contributed by atoms with Gasteiger partial charge in [-0.2, -0.15) is 0 Å². The summed E-state index contributed by atoms with van der Waals surface area (Å²) in [5.74, 6) is 2.61. The van der Waals surface area contributed by atoms with Crippen molar-refractivity contribution in [1.29, 1.82) is 0 Å². The maximum atomic E-state index is 4.83. The highest BCUT2D eigenvalue weighted by molar-refractivity contribution is 5.75. The summed E-state index contributed by atoms with van der Waals surface area (Å²) in [6.07, 6.45) is 8.27. The molecule has 136 valence electrons. The van der Waals surface area contributed by atoms with Crippen LogP contribution in [0.2, 0.25) is 0 Å². The average Bonchev–Trinajstić information content (AvgIpc) is 3.15. The lowest BCUT2D eigenvalue weighted by Gasteiger charge is -2.33. The Kier molecular flexibility index (Phi) is 4.84. The van der Waals surface area contributed by atoms with E-state index < -0.39 is 0 Å². The Hall–Kier alpha value is -2.47. The summed E-state index contributed by atoms with van der Waals surface area (Å²) < 4.78 is 2.31. The zero-order valence-corrected chi connectivity index (χ0v) is 15.5. The Bertz CT molecular complexity index is 871. The normalized spacial score (nSPS) is 18.0. The van der Waals surface area contributed by atoms with Crippen molar-refractivity contribution >= 4 is 16.9 Å². The van der Waals surface area contributed by atoms with Crippen molar-refractivity contribution in [1.82, 2.24) is 24.4 Å². The molecule has 26 heavy (non-hydrogen) atoms. The van der Waals surface area contributed by atoms with E-state index in [0.717, 1.165) is 49.5 Å². The standard InChI is InChI=1S/C20H26N6/c1-24(2)12-13-25-11-9-21-20(25)16-6-5-10-26(15-16)19-14-22-17-7-3-4-8-18(17)23-19/h3-4,7-9,11,14,16H,5-6,10,12-13,15H2,1-2H3. The van der Waals surface area contributed by atoms with Gasteiger partial charge in [-0.05, 0) is 39.1 Å². The molecule has 1 atom stereocenters. The molecule has 0 radical (unpaired) electrons. The zero-order valence-electron chi connectivity index (χ0n) is 15.5. The van der Waals surface area contributed by atoms with Gasteiger partial charge in [0, 0.05) is 44.5 Å². The molecule has 1 saturated heterocycles. The van der Waals surface area contributed by atoms with Crippen LogP contribution >= 0.6 is 0 Å². The van der Waals surface area contributed by atoms with Crippen LogP contribution in [-0.2, 0) is 6.54 Å². The number of benzene rings is 1. The molecular weight excluding hydrogens is 324 g/mol. The third-order valence-corrected chi connectivity index (χ3v) is 5.08. The van der Waals surface area contributed by atoms with Gasteiger partial charge in [0.25, 0.3) is 0 Å². The molecule has 0 aliphatic carbocycles. The van der Waals surface area contributed by atoms with Crippen LogP contribution in [0.25, 0.3) is 11.0 Å². The molecule has 0 spiro atoms. The number of hydrogen-bond donors (Lipinski definition) is 0. The summed E-state index contributed by atoms with van der Waals surface area (Å²) in [5, 5.41) is 0. The van der Waals surface area contributed by atoms with Crippen molar-refractivity contribution in [2.75, 3.05) is 38.6 Å². The Morgan fingerprint density at radius 2 is 2.00 bits per heavy atom. The fourth-order valence-electron chi connectivity index (χ4n) is 3.67. The van der Waals surface area contributed by atoms with E-state index in [0.29, 0.717) is 5.92 Å². The van der Waals surface area contributed by atoms with E-state index in [1.807, 2.05) is 36.7 Å². The minimum absolute atomic E-state index is 0.439. The minimum atomic E-state index is 0.439. The van der Waals surface area contributed by atoms with E-state index in [-0.39, 0.29) is 0 Å². The molecule has 2 aromatic heterocycles. The fraction of sp³-hybridized carbons (Fsp3) is 0.450. The van der Waals surface area contributed by atoms with Gasteiger partial charge in [0.2, 0.25) is 0 Å². The van der Waals surface area contributed by atoms with Crippen LogP contribution in [0.5, 0.6) is 0 Å². The number of para-hydroxylation sites is 2. The number of fused-ring (bicyclic) bond motifs is 1. The molecule has 1 fully saturated rings. The second-order valence-corrected chi connectivity index (χ2v) is 7.28. The summed E-state index contributed by atoms with van der Waals surface area (Å²) in [6.45, 7) is 3.98. The smallest absolute Gasteiger partial charge is 0.147 e. The monoisotopic (exact) mass is 350 g/mol. The number of rotatable bonds is 5. The molecule has 0 amide bonds. The van der Waals surface area contributed by atoms with Crippen molar-refractivity contribution in [3.63, 3.8) is 0 Å². The Balaban J connectivity index is 1.53. The summed E-state index contributed by atoms with van der Waals surface area (Å²) in [5.41, 5.74) is 1.91. The van der Waals surface area contributed by atoms with Gasteiger partial charge in [0.15, 0.2) is 0 Å². The molecular formula is C20H26N6. The third-order valence-electron chi connectivity index (χ3n) is 5.08. The summed E-state index contributed by atoms with van der Waals surface area (Å²) >= 11 is 0. The second kappa shape index (κ2) is 7.41. The maximum absolute atomic E-state index is 4.83. The molecule has 3 aromatic rings. The Labute approximate surface area is 154 Å². The minimum Gasteiger partial charge on any atom is -0.355 e. The molecule has 1 aliphatic heterocycles. The molecule has 0 N–H and O–H groups in total. The number of hydrogen-bond acceptors (Lipinski definition) is 5. The summed E-state index contributed by atoms with van der Waals surface area (Å²) in [4.78, 5) is 18.7. The van der Waals surface area contributed by atoms with E-state index in [9.17, 15) is 0 Å². The number of likely N-dealkylation sites (N-methyl/N-ethyl adjacent to an activating group) is 1. The Morgan fingerprint density at radius 3 is 2.85 bits per heavy atom. The second-order valence-electron chi connectivity index (χ2n) is 7.28.